The Morgan fingerprint density at radius 3 is 2.78 bits per heavy atom. The van der Waals surface area contributed by atoms with Crippen molar-refractivity contribution in [3.8, 4) is 5.75 Å². The van der Waals surface area contributed by atoms with Crippen molar-refractivity contribution < 1.29 is 9.53 Å². The van der Waals surface area contributed by atoms with Gasteiger partial charge in [0.1, 0.15) is 5.75 Å². The number of carbonyl (C=O) groups excluding carboxylic acids is 1. The predicted molar refractivity (Wildman–Crippen MR) is 74.1 cm³/mol. The second kappa shape index (κ2) is 7.98. The van der Waals surface area contributed by atoms with Gasteiger partial charge < -0.3 is 10.1 Å². The summed E-state index contributed by atoms with van der Waals surface area (Å²) >= 11 is 5.58. The molecule has 0 spiro atoms. The number of amides is 1. The van der Waals surface area contributed by atoms with Gasteiger partial charge in [0.25, 0.3) is 0 Å². The van der Waals surface area contributed by atoms with E-state index in [1.54, 1.807) is 7.11 Å². The van der Waals surface area contributed by atoms with E-state index in [-0.39, 0.29) is 11.9 Å². The number of alkyl halides is 1. The molecule has 1 N–H and O–H groups in total. The third-order valence-electron chi connectivity index (χ3n) is 2.77. The summed E-state index contributed by atoms with van der Waals surface area (Å²) in [6, 6.07) is 7.66. The van der Waals surface area contributed by atoms with Crippen LogP contribution in [0, 0.1) is 0 Å². The van der Waals surface area contributed by atoms with Gasteiger partial charge in [0.15, 0.2) is 0 Å². The molecule has 0 bridgehead atoms. The molecule has 1 aromatic carbocycles. The largest absolute Gasteiger partial charge is 0.496 e. The lowest BCUT2D eigenvalue weighted by Gasteiger charge is -2.17. The third-order valence-corrected chi connectivity index (χ3v) is 3.04. The molecule has 1 atom stereocenters. The highest BCUT2D eigenvalue weighted by Gasteiger charge is 2.12. The molecule has 1 amide bonds. The minimum absolute atomic E-state index is 0.0512. The van der Waals surface area contributed by atoms with Crippen LogP contribution in [0.15, 0.2) is 24.3 Å². The maximum absolute atomic E-state index is 11.7. The van der Waals surface area contributed by atoms with E-state index >= 15 is 0 Å². The maximum atomic E-state index is 11.7. The van der Waals surface area contributed by atoms with Gasteiger partial charge in [-0.2, -0.15) is 0 Å². The summed E-state index contributed by atoms with van der Waals surface area (Å²) in [7, 11) is 1.63. The van der Waals surface area contributed by atoms with Crippen LogP contribution < -0.4 is 10.1 Å². The summed E-state index contributed by atoms with van der Waals surface area (Å²) in [5, 5.41) is 2.97. The summed E-state index contributed by atoms with van der Waals surface area (Å²) < 4.78 is 5.28. The van der Waals surface area contributed by atoms with Crippen LogP contribution in [0.1, 0.15) is 37.8 Å². The van der Waals surface area contributed by atoms with Gasteiger partial charge in [-0.1, -0.05) is 18.2 Å². The number of nitrogens with one attached hydrogen (secondary N) is 1. The number of hydrogen-bond acceptors (Lipinski definition) is 2. The topological polar surface area (TPSA) is 38.3 Å². The Labute approximate surface area is 113 Å². The molecule has 0 heterocycles. The van der Waals surface area contributed by atoms with Crippen LogP contribution in [0.3, 0.4) is 0 Å². The maximum Gasteiger partial charge on any atom is 0.220 e. The molecule has 1 aromatic rings. The lowest BCUT2D eigenvalue weighted by atomic mass is 10.1. The SMILES string of the molecule is COc1ccccc1C(C)NC(=O)CCCCCl. The average Bonchev–Trinajstić information content (AvgIpc) is 2.39. The first-order valence-corrected chi connectivity index (χ1v) is 6.70. The number of methoxy groups -OCH3 is 1. The second-order valence-electron chi connectivity index (χ2n) is 4.18. The fraction of sp³-hybridized carbons (Fsp3) is 0.500. The summed E-state index contributed by atoms with van der Waals surface area (Å²) in [5.41, 5.74) is 0.991. The molecule has 3 nitrogen and oxygen atoms in total. The molecule has 0 saturated carbocycles. The number of hydrogen-bond donors (Lipinski definition) is 1. The van der Waals surface area contributed by atoms with Crippen molar-refractivity contribution >= 4 is 17.5 Å². The molecule has 4 heteroatoms. The van der Waals surface area contributed by atoms with Gasteiger partial charge in [-0.15, -0.1) is 11.6 Å². The fourth-order valence-corrected chi connectivity index (χ4v) is 1.98. The predicted octanol–water partition coefficient (Wildman–Crippen LogP) is 3.28. The molecule has 1 rings (SSSR count). The number of benzene rings is 1. The molecule has 0 aliphatic rings. The van der Waals surface area contributed by atoms with Gasteiger partial charge in [-0.25, -0.2) is 0 Å². The number of rotatable bonds is 7. The highest BCUT2D eigenvalue weighted by atomic mass is 35.5. The Morgan fingerprint density at radius 1 is 1.39 bits per heavy atom. The van der Waals surface area contributed by atoms with E-state index in [9.17, 15) is 4.79 Å². The number of unbranched alkanes of at least 4 members (excludes halogenated alkanes) is 1. The number of carbonyl (C=O) groups is 1. The van der Waals surface area contributed by atoms with E-state index in [4.69, 9.17) is 16.3 Å². The van der Waals surface area contributed by atoms with Crippen LogP contribution in [0.2, 0.25) is 0 Å². The molecule has 0 aromatic heterocycles. The summed E-state index contributed by atoms with van der Waals surface area (Å²) in [6.07, 6.45) is 2.22. The standard InChI is InChI=1S/C14H20ClNO2/c1-11(16-14(17)9-5-6-10-15)12-7-3-4-8-13(12)18-2/h3-4,7-8,11H,5-6,9-10H2,1-2H3,(H,16,17). The van der Waals surface area contributed by atoms with Gasteiger partial charge in [-0.05, 0) is 25.8 Å². The van der Waals surface area contributed by atoms with E-state index < -0.39 is 0 Å². The van der Waals surface area contributed by atoms with Crippen LogP contribution in [0.4, 0.5) is 0 Å². The fourth-order valence-electron chi connectivity index (χ4n) is 1.80. The Balaban J connectivity index is 2.53. The molecule has 18 heavy (non-hydrogen) atoms. The van der Waals surface area contributed by atoms with Crippen LogP contribution in [-0.4, -0.2) is 18.9 Å². The Morgan fingerprint density at radius 2 is 2.11 bits per heavy atom. The highest BCUT2D eigenvalue weighted by Crippen LogP contribution is 2.24. The molecular formula is C14H20ClNO2. The Hall–Kier alpha value is -1.22. The molecular weight excluding hydrogens is 250 g/mol. The minimum Gasteiger partial charge on any atom is -0.496 e. The van der Waals surface area contributed by atoms with Crippen LogP contribution in [0.25, 0.3) is 0 Å². The zero-order valence-electron chi connectivity index (χ0n) is 10.9. The van der Waals surface area contributed by atoms with Gasteiger partial charge in [0.05, 0.1) is 13.2 Å². The van der Waals surface area contributed by atoms with E-state index in [1.807, 2.05) is 31.2 Å². The summed E-state index contributed by atoms with van der Waals surface area (Å²) in [6.45, 7) is 1.96. The zero-order valence-corrected chi connectivity index (χ0v) is 11.7. The van der Waals surface area contributed by atoms with E-state index in [0.29, 0.717) is 12.3 Å². The minimum atomic E-state index is -0.0512. The number of para-hydroxylation sites is 1. The normalized spacial score (nSPS) is 11.9. The average molecular weight is 270 g/mol. The van der Waals surface area contributed by atoms with E-state index in [1.165, 1.54) is 0 Å². The van der Waals surface area contributed by atoms with Gasteiger partial charge in [0, 0.05) is 17.9 Å². The number of ether oxygens (including phenoxy) is 1. The molecule has 0 aliphatic heterocycles. The van der Waals surface area contributed by atoms with Crippen molar-refractivity contribution in [3.63, 3.8) is 0 Å². The lowest BCUT2D eigenvalue weighted by Crippen LogP contribution is -2.26. The Kier molecular flexibility index (Phi) is 6.58. The number of halogens is 1. The van der Waals surface area contributed by atoms with E-state index in [2.05, 4.69) is 5.32 Å². The lowest BCUT2D eigenvalue weighted by molar-refractivity contribution is -0.121. The smallest absolute Gasteiger partial charge is 0.220 e. The molecule has 0 radical (unpaired) electrons. The molecule has 1 unspecified atom stereocenters. The van der Waals surface area contributed by atoms with Crippen molar-refractivity contribution in [1.82, 2.24) is 5.32 Å². The van der Waals surface area contributed by atoms with Gasteiger partial charge in [-0.3, -0.25) is 4.79 Å². The third kappa shape index (κ3) is 4.57. The van der Waals surface area contributed by atoms with Crippen molar-refractivity contribution in [2.24, 2.45) is 0 Å². The van der Waals surface area contributed by atoms with Crippen LogP contribution >= 0.6 is 11.6 Å². The Bertz CT molecular complexity index is 382. The van der Waals surface area contributed by atoms with Gasteiger partial charge in [0.2, 0.25) is 5.91 Å². The van der Waals surface area contributed by atoms with Gasteiger partial charge >= 0.3 is 0 Å². The molecule has 0 saturated heterocycles. The van der Waals surface area contributed by atoms with Crippen LogP contribution in [0.5, 0.6) is 5.75 Å². The first kappa shape index (κ1) is 14.8. The summed E-state index contributed by atoms with van der Waals surface area (Å²) in [5.74, 6) is 1.46. The van der Waals surface area contributed by atoms with Crippen molar-refractivity contribution in [3.05, 3.63) is 29.8 Å². The summed E-state index contributed by atoms with van der Waals surface area (Å²) in [4.78, 5) is 11.7. The first-order valence-electron chi connectivity index (χ1n) is 6.17. The zero-order chi connectivity index (χ0) is 13.4. The van der Waals surface area contributed by atoms with Crippen LogP contribution in [-0.2, 0) is 4.79 Å². The molecule has 0 fully saturated rings. The van der Waals surface area contributed by atoms with Crippen molar-refractivity contribution in [2.75, 3.05) is 13.0 Å². The quantitative estimate of drug-likeness (QED) is 0.609. The second-order valence-corrected chi connectivity index (χ2v) is 4.56. The van der Waals surface area contributed by atoms with E-state index in [0.717, 1.165) is 24.2 Å². The first-order chi connectivity index (χ1) is 8.69. The van der Waals surface area contributed by atoms with Crippen molar-refractivity contribution in [1.29, 1.82) is 0 Å². The molecule has 0 aliphatic carbocycles. The molecule has 100 valence electrons. The monoisotopic (exact) mass is 269 g/mol. The highest BCUT2D eigenvalue weighted by molar-refractivity contribution is 6.17. The van der Waals surface area contributed by atoms with Crippen molar-refractivity contribution in [2.45, 2.75) is 32.2 Å².